The molecule has 2 unspecified atom stereocenters. The summed E-state index contributed by atoms with van der Waals surface area (Å²) in [6.07, 6.45) is 11.0. The first-order valence-corrected chi connectivity index (χ1v) is 17.3. The molecule has 1 aromatic carbocycles. The van der Waals surface area contributed by atoms with Crippen LogP contribution in [0.3, 0.4) is 0 Å². The van der Waals surface area contributed by atoms with Crippen LogP contribution in [-0.2, 0) is 11.3 Å². The van der Waals surface area contributed by atoms with Gasteiger partial charge in [-0.1, -0.05) is 44.0 Å². The first-order valence-electron chi connectivity index (χ1n) is 17.3. The Morgan fingerprint density at radius 2 is 1.73 bits per heavy atom. The molecule has 4 fully saturated rings. The van der Waals surface area contributed by atoms with Gasteiger partial charge < -0.3 is 19.4 Å². The summed E-state index contributed by atoms with van der Waals surface area (Å²) in [6, 6.07) is 8.46. The van der Waals surface area contributed by atoms with Gasteiger partial charge in [0, 0.05) is 55.8 Å². The third-order valence-corrected chi connectivity index (χ3v) is 11.4. The molecule has 256 valence electrons. The molecule has 3 atom stereocenters. The van der Waals surface area contributed by atoms with Gasteiger partial charge in [-0.05, 0) is 55.4 Å². The molecule has 0 bridgehead atoms. The molecule has 2 aliphatic heterocycles. The zero-order chi connectivity index (χ0) is 34.1. The van der Waals surface area contributed by atoms with Crippen LogP contribution in [0, 0.1) is 16.7 Å². The topological polar surface area (TPSA) is 152 Å². The van der Waals surface area contributed by atoms with Crippen LogP contribution in [0.1, 0.15) is 114 Å². The maximum Gasteiger partial charge on any atom is 0.335 e. The van der Waals surface area contributed by atoms with Crippen LogP contribution in [-0.4, -0.2) is 88.6 Å². The summed E-state index contributed by atoms with van der Waals surface area (Å²) in [5.74, 6) is 0.456. The summed E-state index contributed by atoms with van der Waals surface area (Å²) in [5.41, 5.74) is 2.33. The van der Waals surface area contributed by atoms with Crippen LogP contribution >= 0.6 is 0 Å². The third-order valence-electron chi connectivity index (χ3n) is 11.4. The van der Waals surface area contributed by atoms with E-state index < -0.39 is 5.97 Å². The number of carbonyl (C=O) groups excluding carboxylic acids is 2. The van der Waals surface area contributed by atoms with Gasteiger partial charge in [0.15, 0.2) is 5.82 Å². The van der Waals surface area contributed by atoms with E-state index in [0.29, 0.717) is 55.9 Å². The minimum absolute atomic E-state index is 0.0399. The second-order valence-electron chi connectivity index (χ2n) is 15.3. The molecule has 8 rings (SSSR count). The van der Waals surface area contributed by atoms with Crippen molar-refractivity contribution in [3.05, 3.63) is 83.0 Å². The Hall–Kier alpha value is -4.81. The van der Waals surface area contributed by atoms with Crippen molar-refractivity contribution >= 4 is 17.8 Å². The van der Waals surface area contributed by atoms with Gasteiger partial charge in [-0.2, -0.15) is 15.2 Å². The molecular weight excluding hydrogens is 624 g/mol. The molecule has 1 N–H and O–H groups in total. The van der Waals surface area contributed by atoms with E-state index in [9.17, 15) is 19.5 Å². The summed E-state index contributed by atoms with van der Waals surface area (Å²) in [4.78, 5) is 47.1. The Bertz CT molecular complexity index is 1890. The number of carboxylic acid groups (broad SMARTS) is 1. The SMILES string of the molecule is CC(c1nc(C2CN(C(=O)c3cnn(Cc4ccc(C(=O)O)cc4)c3)CC23CN(C(=O)[C@H]2CC2(C)C)C3)no1)n1ccc(C2CCCC2)n1. The lowest BCUT2D eigenvalue weighted by atomic mass is 9.71. The van der Waals surface area contributed by atoms with Crippen molar-refractivity contribution < 1.29 is 24.0 Å². The number of benzene rings is 1. The van der Waals surface area contributed by atoms with Crippen LogP contribution < -0.4 is 0 Å². The highest BCUT2D eigenvalue weighted by atomic mass is 16.5. The van der Waals surface area contributed by atoms with E-state index in [1.165, 1.54) is 25.7 Å². The number of rotatable bonds is 9. The standard InChI is InChI=1S/C36H42N8O5/c1-22(44-13-12-29(39-44)24-6-4-5-7-24)31-38-30(40-49-31)28-18-41(19-36(28)20-42(21-36)33(46)27-14-35(27,2)3)32(45)26-15-37-43(17-26)16-23-8-10-25(11-9-23)34(47)48/h8-13,15,17,22,24,27-28H,4-7,14,16,18-21H2,1-3H3,(H,47,48)/t22?,27-,28?/m1/s1. The highest BCUT2D eigenvalue weighted by Crippen LogP contribution is 2.55. The van der Waals surface area contributed by atoms with Crippen molar-refractivity contribution in [3.63, 3.8) is 0 Å². The number of amides is 2. The van der Waals surface area contributed by atoms with E-state index in [4.69, 9.17) is 14.6 Å². The number of carbonyl (C=O) groups is 3. The fourth-order valence-electron chi connectivity index (χ4n) is 8.14. The van der Waals surface area contributed by atoms with Gasteiger partial charge >= 0.3 is 5.97 Å². The largest absolute Gasteiger partial charge is 0.478 e. The maximum absolute atomic E-state index is 13.9. The zero-order valence-corrected chi connectivity index (χ0v) is 28.2. The molecule has 3 aromatic heterocycles. The van der Waals surface area contributed by atoms with Crippen molar-refractivity contribution in [2.24, 2.45) is 16.7 Å². The van der Waals surface area contributed by atoms with Crippen LogP contribution in [0.4, 0.5) is 0 Å². The molecule has 4 aromatic rings. The van der Waals surface area contributed by atoms with E-state index in [2.05, 4.69) is 30.2 Å². The van der Waals surface area contributed by atoms with Crippen molar-refractivity contribution in [2.75, 3.05) is 26.2 Å². The van der Waals surface area contributed by atoms with E-state index >= 15 is 0 Å². The second-order valence-corrected chi connectivity index (χ2v) is 15.3. The Balaban J connectivity index is 1.00. The highest BCUT2D eigenvalue weighted by molar-refractivity contribution is 5.94. The molecule has 2 amide bonds. The number of aromatic nitrogens is 6. The molecule has 0 radical (unpaired) electrons. The van der Waals surface area contributed by atoms with Gasteiger partial charge in [0.05, 0.1) is 35.5 Å². The lowest BCUT2D eigenvalue weighted by Gasteiger charge is -2.50. The smallest absolute Gasteiger partial charge is 0.335 e. The Labute approximate surface area is 284 Å². The minimum Gasteiger partial charge on any atom is -0.478 e. The van der Waals surface area contributed by atoms with E-state index in [1.807, 2.05) is 27.6 Å². The Morgan fingerprint density at radius 1 is 1.02 bits per heavy atom. The van der Waals surface area contributed by atoms with Crippen molar-refractivity contribution in [1.29, 1.82) is 0 Å². The van der Waals surface area contributed by atoms with Gasteiger partial charge in [0.25, 0.3) is 11.8 Å². The zero-order valence-electron chi connectivity index (χ0n) is 28.2. The predicted molar refractivity (Wildman–Crippen MR) is 176 cm³/mol. The summed E-state index contributed by atoms with van der Waals surface area (Å²) < 4.78 is 9.42. The van der Waals surface area contributed by atoms with E-state index in [0.717, 1.165) is 17.7 Å². The highest BCUT2D eigenvalue weighted by Gasteiger charge is 2.61. The van der Waals surface area contributed by atoms with Crippen LogP contribution in [0.15, 0.2) is 53.4 Å². The molecule has 13 heteroatoms. The van der Waals surface area contributed by atoms with Crippen LogP contribution in [0.25, 0.3) is 0 Å². The second kappa shape index (κ2) is 11.7. The lowest BCUT2D eigenvalue weighted by Crippen LogP contribution is -2.62. The predicted octanol–water partition coefficient (Wildman–Crippen LogP) is 4.59. The van der Waals surface area contributed by atoms with Crippen molar-refractivity contribution in [2.45, 2.75) is 77.3 Å². The van der Waals surface area contributed by atoms with E-state index in [1.54, 1.807) is 41.3 Å². The Kier molecular flexibility index (Phi) is 7.49. The summed E-state index contributed by atoms with van der Waals surface area (Å²) >= 11 is 0. The monoisotopic (exact) mass is 666 g/mol. The number of hydrogen-bond donors (Lipinski definition) is 1. The molecule has 2 saturated carbocycles. The van der Waals surface area contributed by atoms with Crippen molar-refractivity contribution in [1.82, 2.24) is 39.5 Å². The molecule has 5 heterocycles. The number of hydrogen-bond acceptors (Lipinski definition) is 8. The average Bonchev–Trinajstić information content (AvgIpc) is 3.80. The minimum atomic E-state index is -0.979. The van der Waals surface area contributed by atoms with Crippen molar-refractivity contribution in [3.8, 4) is 0 Å². The molecule has 1 spiro atoms. The lowest BCUT2D eigenvalue weighted by molar-refractivity contribution is -0.145. The van der Waals surface area contributed by atoms with Gasteiger partial charge in [0.1, 0.15) is 6.04 Å². The summed E-state index contributed by atoms with van der Waals surface area (Å²) in [7, 11) is 0. The van der Waals surface area contributed by atoms with E-state index in [-0.39, 0.29) is 46.1 Å². The summed E-state index contributed by atoms with van der Waals surface area (Å²) in [5, 5.41) is 22.9. The maximum atomic E-state index is 13.9. The van der Waals surface area contributed by atoms with Gasteiger partial charge in [0.2, 0.25) is 5.91 Å². The fourth-order valence-corrected chi connectivity index (χ4v) is 8.14. The van der Waals surface area contributed by atoms with Gasteiger partial charge in [-0.3, -0.25) is 19.0 Å². The molecule has 49 heavy (non-hydrogen) atoms. The third kappa shape index (κ3) is 5.72. The summed E-state index contributed by atoms with van der Waals surface area (Å²) in [6.45, 7) is 8.63. The van der Waals surface area contributed by atoms with Gasteiger partial charge in [-0.15, -0.1) is 0 Å². The fraction of sp³-hybridized carbons (Fsp3) is 0.528. The van der Waals surface area contributed by atoms with Crippen LogP contribution in [0.2, 0.25) is 0 Å². The number of aromatic carboxylic acids is 1. The normalized spacial score (nSPS) is 23.2. The molecule has 2 saturated heterocycles. The first-order chi connectivity index (χ1) is 23.5. The molecule has 4 aliphatic rings. The average molecular weight is 667 g/mol. The van der Waals surface area contributed by atoms with Crippen LogP contribution in [0.5, 0.6) is 0 Å². The van der Waals surface area contributed by atoms with Gasteiger partial charge in [-0.25, -0.2) is 4.79 Å². The molecule has 2 aliphatic carbocycles. The Morgan fingerprint density at radius 3 is 2.43 bits per heavy atom. The molecule has 13 nitrogen and oxygen atoms in total. The first kappa shape index (κ1) is 31.5. The number of nitrogens with zero attached hydrogens (tertiary/aromatic N) is 8. The number of carboxylic acids is 1. The molecular formula is C36H42N8O5. The quantitative estimate of drug-likeness (QED) is 0.270. The number of likely N-dealkylation sites (tertiary alicyclic amines) is 2.